The van der Waals surface area contributed by atoms with Gasteiger partial charge in [0.2, 0.25) is 15.9 Å². The molecule has 1 saturated heterocycles. The van der Waals surface area contributed by atoms with Crippen molar-refractivity contribution in [3.63, 3.8) is 0 Å². The lowest BCUT2D eigenvalue weighted by Gasteiger charge is -2.19. The van der Waals surface area contributed by atoms with Crippen molar-refractivity contribution in [2.24, 2.45) is 0 Å². The fraction of sp³-hybridized carbons (Fsp3) is 0.769. The summed E-state index contributed by atoms with van der Waals surface area (Å²) < 4.78 is 24.9. The van der Waals surface area contributed by atoms with Crippen LogP contribution in [0, 0.1) is 0 Å². The highest BCUT2D eigenvalue weighted by atomic mass is 32.2. The average molecular weight is 286 g/mol. The molecular formula is C13H22N2O3S. The number of hydrogen-bond acceptors (Lipinski definition) is 3. The molecule has 0 saturated carbocycles. The van der Waals surface area contributed by atoms with Crippen molar-refractivity contribution in [1.29, 1.82) is 0 Å². The molecule has 1 heterocycles. The molecule has 0 radical (unpaired) electrons. The molecule has 0 aromatic carbocycles. The molecule has 6 heteroatoms. The number of sulfonamides is 1. The molecule has 0 unspecified atom stereocenters. The topological polar surface area (TPSA) is 66.5 Å². The summed E-state index contributed by atoms with van der Waals surface area (Å²) in [7, 11) is -3.18. The molecule has 5 nitrogen and oxygen atoms in total. The van der Waals surface area contributed by atoms with Crippen LogP contribution in [-0.2, 0) is 14.8 Å². The molecule has 1 atom stereocenters. The van der Waals surface area contributed by atoms with E-state index in [0.29, 0.717) is 25.9 Å². The zero-order valence-electron chi connectivity index (χ0n) is 11.4. The Bertz CT molecular complexity index is 470. The molecule has 2 rings (SSSR count). The highest BCUT2D eigenvalue weighted by molar-refractivity contribution is 7.88. The summed E-state index contributed by atoms with van der Waals surface area (Å²) in [4.78, 5) is 13.9. The first-order chi connectivity index (χ1) is 8.94. The second kappa shape index (κ2) is 6.05. The molecule has 19 heavy (non-hydrogen) atoms. The Morgan fingerprint density at radius 1 is 1.47 bits per heavy atom. The SMILES string of the molecule is CS(=O)(=O)N[C@@H]1CCN(C(=O)CC2=CCCCC2)C1. The summed E-state index contributed by atoms with van der Waals surface area (Å²) in [5, 5.41) is 0. The van der Waals surface area contributed by atoms with E-state index in [9.17, 15) is 13.2 Å². The van der Waals surface area contributed by atoms with Crippen LogP contribution in [0.4, 0.5) is 0 Å². The molecule has 108 valence electrons. The van der Waals surface area contributed by atoms with Gasteiger partial charge in [-0.2, -0.15) is 0 Å². The summed E-state index contributed by atoms with van der Waals surface area (Å²) in [5.41, 5.74) is 1.25. The van der Waals surface area contributed by atoms with E-state index in [-0.39, 0.29) is 11.9 Å². The minimum Gasteiger partial charge on any atom is -0.341 e. The number of nitrogens with one attached hydrogen (secondary N) is 1. The smallest absolute Gasteiger partial charge is 0.226 e. The van der Waals surface area contributed by atoms with Gasteiger partial charge in [0.25, 0.3) is 0 Å². The highest BCUT2D eigenvalue weighted by Gasteiger charge is 2.28. The second-order valence-corrected chi connectivity index (χ2v) is 7.28. The summed E-state index contributed by atoms with van der Waals surface area (Å²) in [5.74, 6) is 0.131. The maximum Gasteiger partial charge on any atom is 0.226 e. The van der Waals surface area contributed by atoms with Crippen LogP contribution >= 0.6 is 0 Å². The lowest BCUT2D eigenvalue weighted by Crippen LogP contribution is -2.37. The molecule has 1 fully saturated rings. The number of amides is 1. The normalized spacial score (nSPS) is 24.4. The minimum absolute atomic E-state index is 0.126. The third kappa shape index (κ3) is 4.62. The van der Waals surface area contributed by atoms with Gasteiger partial charge >= 0.3 is 0 Å². The van der Waals surface area contributed by atoms with Gasteiger partial charge in [0, 0.05) is 25.6 Å². The lowest BCUT2D eigenvalue weighted by molar-refractivity contribution is -0.129. The monoisotopic (exact) mass is 286 g/mol. The van der Waals surface area contributed by atoms with E-state index in [1.807, 2.05) is 0 Å². The van der Waals surface area contributed by atoms with E-state index >= 15 is 0 Å². The lowest BCUT2D eigenvalue weighted by atomic mass is 9.97. The van der Waals surface area contributed by atoms with Gasteiger partial charge in [0.15, 0.2) is 0 Å². The zero-order valence-corrected chi connectivity index (χ0v) is 12.2. The molecule has 1 amide bonds. The van der Waals surface area contributed by atoms with E-state index in [0.717, 1.165) is 19.1 Å². The van der Waals surface area contributed by atoms with Crippen LogP contribution in [0.25, 0.3) is 0 Å². The number of allylic oxidation sites excluding steroid dienone is 1. The Labute approximate surface area is 115 Å². The molecule has 2 aliphatic rings. The van der Waals surface area contributed by atoms with E-state index < -0.39 is 10.0 Å². The van der Waals surface area contributed by atoms with E-state index in [2.05, 4.69) is 10.8 Å². The van der Waals surface area contributed by atoms with Gasteiger partial charge in [0.1, 0.15) is 0 Å². The van der Waals surface area contributed by atoms with Crippen LogP contribution in [0.3, 0.4) is 0 Å². The maximum absolute atomic E-state index is 12.1. The molecule has 1 N–H and O–H groups in total. The van der Waals surface area contributed by atoms with Crippen LogP contribution < -0.4 is 4.72 Å². The maximum atomic E-state index is 12.1. The number of carbonyl (C=O) groups excluding carboxylic acids is 1. The third-order valence-corrected chi connectivity index (χ3v) is 4.45. The van der Waals surface area contributed by atoms with Gasteiger partial charge in [0.05, 0.1) is 6.26 Å². The first-order valence-corrected chi connectivity index (χ1v) is 8.76. The molecule has 0 aromatic rings. The predicted molar refractivity (Wildman–Crippen MR) is 74.1 cm³/mol. The summed E-state index contributed by atoms with van der Waals surface area (Å²) in [6.45, 7) is 1.15. The van der Waals surface area contributed by atoms with Gasteiger partial charge in [-0.3, -0.25) is 4.79 Å². The van der Waals surface area contributed by atoms with Crippen LogP contribution in [0.1, 0.15) is 38.5 Å². The van der Waals surface area contributed by atoms with Crippen molar-refractivity contribution in [2.75, 3.05) is 19.3 Å². The zero-order chi connectivity index (χ0) is 13.9. The van der Waals surface area contributed by atoms with Crippen molar-refractivity contribution in [1.82, 2.24) is 9.62 Å². The first kappa shape index (κ1) is 14.5. The van der Waals surface area contributed by atoms with Gasteiger partial charge in [-0.1, -0.05) is 11.6 Å². The van der Waals surface area contributed by atoms with Crippen molar-refractivity contribution in [2.45, 2.75) is 44.6 Å². The van der Waals surface area contributed by atoms with Crippen molar-refractivity contribution in [3.8, 4) is 0 Å². The number of nitrogens with zero attached hydrogens (tertiary/aromatic N) is 1. The van der Waals surface area contributed by atoms with Crippen LogP contribution in [0.2, 0.25) is 0 Å². The molecule has 1 aliphatic heterocycles. The molecule has 1 aliphatic carbocycles. The summed E-state index contributed by atoms with van der Waals surface area (Å²) >= 11 is 0. The number of carbonyl (C=O) groups is 1. The summed E-state index contributed by atoms with van der Waals surface area (Å²) in [6.07, 6.45) is 9.07. The fourth-order valence-electron chi connectivity index (χ4n) is 2.76. The Morgan fingerprint density at radius 2 is 2.26 bits per heavy atom. The quantitative estimate of drug-likeness (QED) is 0.785. The van der Waals surface area contributed by atoms with E-state index in [1.54, 1.807) is 4.90 Å². The Hall–Kier alpha value is -0.880. The minimum atomic E-state index is -3.18. The summed E-state index contributed by atoms with van der Waals surface area (Å²) in [6, 6.07) is -0.126. The van der Waals surface area contributed by atoms with Gasteiger partial charge in [-0.15, -0.1) is 0 Å². The van der Waals surface area contributed by atoms with E-state index in [1.165, 1.54) is 18.4 Å². The largest absolute Gasteiger partial charge is 0.341 e. The standard InChI is InChI=1S/C13H22N2O3S/c1-19(17,18)14-12-7-8-15(10-12)13(16)9-11-5-3-2-4-6-11/h5,12,14H,2-4,6-10H2,1H3/t12-/m1/s1. The Balaban J connectivity index is 1.83. The second-order valence-electron chi connectivity index (χ2n) is 5.50. The van der Waals surface area contributed by atoms with Crippen LogP contribution in [0.15, 0.2) is 11.6 Å². The predicted octanol–water partition coefficient (Wildman–Crippen LogP) is 1.03. The van der Waals surface area contributed by atoms with Crippen molar-refractivity contribution < 1.29 is 13.2 Å². The molecule has 0 bridgehead atoms. The third-order valence-electron chi connectivity index (χ3n) is 3.69. The van der Waals surface area contributed by atoms with E-state index in [4.69, 9.17) is 0 Å². The number of hydrogen-bond donors (Lipinski definition) is 1. The van der Waals surface area contributed by atoms with Gasteiger partial charge < -0.3 is 4.90 Å². The van der Waals surface area contributed by atoms with Crippen molar-refractivity contribution in [3.05, 3.63) is 11.6 Å². The number of rotatable bonds is 4. The molecular weight excluding hydrogens is 264 g/mol. The molecule has 0 spiro atoms. The van der Waals surface area contributed by atoms with Crippen molar-refractivity contribution >= 4 is 15.9 Å². The Morgan fingerprint density at radius 3 is 2.89 bits per heavy atom. The van der Waals surface area contributed by atoms with Crippen LogP contribution in [0.5, 0.6) is 0 Å². The highest BCUT2D eigenvalue weighted by Crippen LogP contribution is 2.22. The van der Waals surface area contributed by atoms with Gasteiger partial charge in [-0.05, 0) is 32.1 Å². The first-order valence-electron chi connectivity index (χ1n) is 6.87. The Kier molecular flexibility index (Phi) is 4.62. The average Bonchev–Trinajstić information content (AvgIpc) is 2.76. The van der Waals surface area contributed by atoms with Crippen LogP contribution in [-0.4, -0.2) is 44.6 Å². The van der Waals surface area contributed by atoms with Gasteiger partial charge in [-0.25, -0.2) is 13.1 Å². The number of likely N-dealkylation sites (tertiary alicyclic amines) is 1. The fourth-order valence-corrected chi connectivity index (χ4v) is 3.55. The molecule has 0 aromatic heterocycles.